The van der Waals surface area contributed by atoms with E-state index in [0.717, 1.165) is 61.1 Å². The third kappa shape index (κ3) is 4.51. The van der Waals surface area contributed by atoms with Gasteiger partial charge in [0.1, 0.15) is 11.5 Å². The van der Waals surface area contributed by atoms with Crippen molar-refractivity contribution in [3.05, 3.63) is 60.8 Å². The molecule has 1 saturated heterocycles. The number of halogens is 3. The molecule has 6 rings (SSSR count). The second-order valence-corrected chi connectivity index (χ2v) is 9.59. The second kappa shape index (κ2) is 9.28. The highest BCUT2D eigenvalue weighted by atomic mass is 19.4. The Morgan fingerprint density at radius 2 is 1.84 bits per heavy atom. The fourth-order valence-corrected chi connectivity index (χ4v) is 4.70. The van der Waals surface area contributed by atoms with E-state index in [9.17, 15) is 13.2 Å². The molecule has 1 aliphatic rings. The quantitative estimate of drug-likeness (QED) is 0.342. The molecule has 0 aliphatic carbocycles. The summed E-state index contributed by atoms with van der Waals surface area (Å²) in [7, 11) is 2.12. The van der Waals surface area contributed by atoms with E-state index in [0.29, 0.717) is 17.1 Å². The summed E-state index contributed by atoms with van der Waals surface area (Å²) in [6.45, 7) is 5.06. The number of pyridine rings is 2. The van der Waals surface area contributed by atoms with Crippen LogP contribution < -0.4 is 10.2 Å². The molecule has 1 fully saturated rings. The summed E-state index contributed by atoms with van der Waals surface area (Å²) in [6, 6.07) is 7.46. The van der Waals surface area contributed by atoms with Crippen LogP contribution in [0.15, 0.2) is 55.2 Å². The van der Waals surface area contributed by atoms with Crippen LogP contribution in [0.2, 0.25) is 0 Å². The number of likely N-dealkylation sites (N-methyl/N-ethyl adjacent to an activating group) is 1. The van der Waals surface area contributed by atoms with Crippen LogP contribution in [-0.2, 0) is 0 Å². The third-order valence-corrected chi connectivity index (χ3v) is 7.08. The molecular weight excluding hydrogens is 495 g/mol. The van der Waals surface area contributed by atoms with Gasteiger partial charge >= 0.3 is 6.18 Å². The minimum absolute atomic E-state index is 0.133. The van der Waals surface area contributed by atoms with Gasteiger partial charge in [0.25, 0.3) is 0 Å². The van der Waals surface area contributed by atoms with Crippen LogP contribution >= 0.6 is 0 Å². The van der Waals surface area contributed by atoms with Crippen molar-refractivity contribution in [2.45, 2.75) is 19.0 Å². The maximum atomic E-state index is 13.4. The molecule has 0 spiro atoms. The molecule has 1 aliphatic heterocycles. The molecule has 38 heavy (non-hydrogen) atoms. The molecule has 2 N–H and O–H groups in total. The number of nitrogens with zero attached hydrogens (tertiary/aromatic N) is 7. The summed E-state index contributed by atoms with van der Waals surface area (Å²) < 4.78 is 41.5. The molecule has 0 bridgehead atoms. The molecule has 0 saturated carbocycles. The largest absolute Gasteiger partial charge is 0.395 e. The average Bonchev–Trinajstić information content (AvgIpc) is 3.52. The summed E-state index contributed by atoms with van der Waals surface area (Å²) in [5.41, 5.74) is 3.46. The maximum absolute atomic E-state index is 13.4. The van der Waals surface area contributed by atoms with E-state index in [4.69, 9.17) is 0 Å². The van der Waals surface area contributed by atoms with Gasteiger partial charge in [-0.25, -0.2) is 14.5 Å². The lowest BCUT2D eigenvalue weighted by molar-refractivity contribution is -0.146. The number of fused-ring (bicyclic) bond motifs is 2. The third-order valence-electron chi connectivity index (χ3n) is 7.08. The van der Waals surface area contributed by atoms with Gasteiger partial charge < -0.3 is 20.1 Å². The summed E-state index contributed by atoms with van der Waals surface area (Å²) in [4.78, 5) is 21.3. The normalized spacial score (nSPS) is 15.9. The number of H-pyrrole nitrogens is 1. The first kappa shape index (κ1) is 24.2. The van der Waals surface area contributed by atoms with Crippen molar-refractivity contribution in [2.24, 2.45) is 0 Å². The van der Waals surface area contributed by atoms with Crippen molar-refractivity contribution < 1.29 is 13.2 Å². The Morgan fingerprint density at radius 1 is 1.03 bits per heavy atom. The Kier molecular flexibility index (Phi) is 5.90. The van der Waals surface area contributed by atoms with Gasteiger partial charge in [-0.05, 0) is 43.8 Å². The van der Waals surface area contributed by atoms with Crippen molar-refractivity contribution >= 4 is 34.0 Å². The molecule has 1 atom stereocenters. The fourth-order valence-electron chi connectivity index (χ4n) is 4.70. The maximum Gasteiger partial charge on any atom is 0.395 e. The SMILES string of the molecule is CC(c1cnn2ccc(-c3c[nH]c4nc(Nc5ccc(N6CCN(C)CC6)nc5)ncc34)cc12)C(F)(F)F. The molecule has 6 heterocycles. The number of alkyl halides is 3. The Labute approximate surface area is 216 Å². The van der Waals surface area contributed by atoms with Gasteiger partial charge in [0.15, 0.2) is 0 Å². The number of hydrogen-bond donors (Lipinski definition) is 2. The minimum atomic E-state index is -4.35. The molecule has 9 nitrogen and oxygen atoms in total. The Balaban J connectivity index is 1.23. The minimum Gasteiger partial charge on any atom is -0.354 e. The van der Waals surface area contributed by atoms with E-state index in [1.165, 1.54) is 10.7 Å². The van der Waals surface area contributed by atoms with Crippen LogP contribution in [0.1, 0.15) is 18.4 Å². The van der Waals surface area contributed by atoms with E-state index in [2.05, 4.69) is 47.2 Å². The molecule has 0 aromatic carbocycles. The Morgan fingerprint density at radius 3 is 2.58 bits per heavy atom. The highest BCUT2D eigenvalue weighted by molar-refractivity contribution is 5.94. The number of aromatic nitrogens is 6. The summed E-state index contributed by atoms with van der Waals surface area (Å²) >= 11 is 0. The van der Waals surface area contributed by atoms with Gasteiger partial charge in [0.2, 0.25) is 5.95 Å². The zero-order valence-electron chi connectivity index (χ0n) is 20.9. The van der Waals surface area contributed by atoms with E-state index in [1.807, 2.05) is 18.2 Å². The zero-order valence-corrected chi connectivity index (χ0v) is 20.9. The van der Waals surface area contributed by atoms with Crippen LogP contribution in [0, 0.1) is 0 Å². The second-order valence-electron chi connectivity index (χ2n) is 9.59. The monoisotopic (exact) mass is 521 g/mol. The number of rotatable bonds is 5. The summed E-state index contributed by atoms with van der Waals surface area (Å²) in [5.74, 6) is -0.273. The standard InChI is InChI=1S/C26H26F3N9/c1-16(26(27,28)29)19-15-33-38-6-5-17(11-22(19)38)20-13-31-24-21(20)14-32-25(35-24)34-18-3-4-23(30-12-18)37-9-7-36(2)8-10-37/h3-6,11-16H,7-10H2,1-2H3,(H2,31,32,34,35). The van der Waals surface area contributed by atoms with Crippen LogP contribution in [-0.4, -0.2) is 73.9 Å². The average molecular weight is 522 g/mol. The van der Waals surface area contributed by atoms with Crippen molar-refractivity contribution in [1.29, 1.82) is 0 Å². The van der Waals surface area contributed by atoms with Gasteiger partial charge in [-0.2, -0.15) is 23.3 Å². The van der Waals surface area contributed by atoms with Gasteiger partial charge in [-0.3, -0.25) is 0 Å². The van der Waals surface area contributed by atoms with Crippen LogP contribution in [0.5, 0.6) is 0 Å². The molecule has 5 aromatic heterocycles. The summed E-state index contributed by atoms with van der Waals surface area (Å²) in [5, 5.41) is 8.04. The molecule has 196 valence electrons. The number of nitrogens with one attached hydrogen (secondary N) is 2. The molecule has 0 radical (unpaired) electrons. The van der Waals surface area contributed by atoms with Gasteiger partial charge in [-0.1, -0.05) is 0 Å². The van der Waals surface area contributed by atoms with Crippen LogP contribution in [0.4, 0.5) is 30.6 Å². The van der Waals surface area contributed by atoms with Crippen LogP contribution in [0.25, 0.3) is 27.7 Å². The first-order valence-electron chi connectivity index (χ1n) is 12.3. The Bertz CT molecular complexity index is 1580. The van der Waals surface area contributed by atoms with Gasteiger partial charge in [-0.15, -0.1) is 0 Å². The predicted molar refractivity (Wildman–Crippen MR) is 140 cm³/mol. The fraction of sp³-hybridized carbons (Fsp3) is 0.308. The molecule has 0 amide bonds. The number of aromatic amines is 1. The van der Waals surface area contributed by atoms with Crippen molar-refractivity contribution in [1.82, 2.24) is 34.4 Å². The summed E-state index contributed by atoms with van der Waals surface area (Å²) in [6.07, 6.45) is 3.83. The molecule has 5 aromatic rings. The molecule has 1 unspecified atom stereocenters. The van der Waals surface area contributed by atoms with Crippen molar-refractivity contribution in [3.8, 4) is 11.1 Å². The zero-order chi connectivity index (χ0) is 26.4. The first-order valence-corrected chi connectivity index (χ1v) is 12.3. The van der Waals surface area contributed by atoms with E-state index >= 15 is 0 Å². The highest BCUT2D eigenvalue weighted by Gasteiger charge is 2.38. The van der Waals surface area contributed by atoms with Crippen LogP contribution in [0.3, 0.4) is 0 Å². The lowest BCUT2D eigenvalue weighted by Crippen LogP contribution is -2.44. The highest BCUT2D eigenvalue weighted by Crippen LogP contribution is 2.37. The Hall–Kier alpha value is -4.19. The molecular formula is C26H26F3N9. The molecule has 12 heteroatoms. The smallest absolute Gasteiger partial charge is 0.354 e. The lowest BCUT2D eigenvalue weighted by Gasteiger charge is -2.33. The topological polar surface area (TPSA) is 90.3 Å². The van der Waals surface area contributed by atoms with Crippen molar-refractivity contribution in [3.63, 3.8) is 0 Å². The van der Waals surface area contributed by atoms with Crippen molar-refractivity contribution in [2.75, 3.05) is 43.4 Å². The van der Waals surface area contributed by atoms with E-state index in [-0.39, 0.29) is 5.56 Å². The number of piperazine rings is 1. The first-order chi connectivity index (χ1) is 18.3. The van der Waals surface area contributed by atoms with E-state index in [1.54, 1.807) is 30.9 Å². The number of anilines is 3. The van der Waals surface area contributed by atoms with Gasteiger partial charge in [0, 0.05) is 61.3 Å². The number of hydrogen-bond acceptors (Lipinski definition) is 7. The predicted octanol–water partition coefficient (Wildman–Crippen LogP) is 4.83. The lowest BCUT2D eigenvalue weighted by atomic mass is 10.0. The van der Waals surface area contributed by atoms with Gasteiger partial charge in [0.05, 0.1) is 29.5 Å². The van der Waals surface area contributed by atoms with E-state index < -0.39 is 12.1 Å².